The molecule has 0 saturated carbocycles. The van der Waals surface area contributed by atoms with Gasteiger partial charge in [-0.15, -0.1) is 0 Å². The smallest absolute Gasteiger partial charge is 0.250 e. The molecular formula is C2H2N2O2S2. The molecule has 0 aliphatic heterocycles. The molecule has 1 aromatic rings. The van der Waals surface area contributed by atoms with Gasteiger partial charge in [-0.1, -0.05) is 0 Å². The molecule has 44 valence electrons. The first-order valence-electron chi connectivity index (χ1n) is 1.72. The predicted octanol–water partition coefficient (Wildman–Crippen LogP) is -0.118. The van der Waals surface area contributed by atoms with E-state index in [1.807, 2.05) is 0 Å². The lowest BCUT2D eigenvalue weighted by atomic mass is 11.3. The van der Waals surface area contributed by atoms with Crippen molar-refractivity contribution in [2.45, 2.75) is 0 Å². The summed E-state index contributed by atoms with van der Waals surface area (Å²) in [5, 5.41) is 0. The van der Waals surface area contributed by atoms with Crippen molar-refractivity contribution in [3.63, 3.8) is 0 Å². The van der Waals surface area contributed by atoms with Crippen LogP contribution in [0.15, 0.2) is 6.33 Å². The van der Waals surface area contributed by atoms with Gasteiger partial charge in [0.05, 0.1) is 0 Å². The first-order valence-corrected chi connectivity index (χ1v) is 3.57. The monoisotopic (exact) mass is 150 g/mol. The van der Waals surface area contributed by atoms with Crippen molar-refractivity contribution in [3.05, 3.63) is 10.3 Å². The predicted molar refractivity (Wildman–Crippen MR) is 28.6 cm³/mol. The van der Waals surface area contributed by atoms with Crippen LogP contribution in [0.25, 0.3) is 0 Å². The first-order chi connectivity index (χ1) is 3.80. The summed E-state index contributed by atoms with van der Waals surface area (Å²) < 4.78 is 23.7. The van der Waals surface area contributed by atoms with Crippen molar-refractivity contribution in [1.82, 2.24) is 9.36 Å². The Kier molecular flexibility index (Phi) is 1.45. The Morgan fingerprint density at radius 2 is 2.50 bits per heavy atom. The summed E-state index contributed by atoms with van der Waals surface area (Å²) in [5.41, 5.74) is 0. The molecule has 1 N–H and O–H groups in total. The fraction of sp³-hybridized carbons (Fsp3) is 0. The molecule has 0 spiro atoms. The molecule has 0 aromatic carbocycles. The zero-order valence-corrected chi connectivity index (χ0v) is 5.29. The second-order valence-electron chi connectivity index (χ2n) is 0.992. The lowest BCUT2D eigenvalue weighted by Crippen LogP contribution is -1.59. The van der Waals surface area contributed by atoms with Gasteiger partial charge in [0, 0.05) is 11.5 Å². The lowest BCUT2D eigenvalue weighted by molar-refractivity contribution is 0.624. The van der Waals surface area contributed by atoms with Gasteiger partial charge in [0.1, 0.15) is 6.33 Å². The Morgan fingerprint density at radius 3 is 2.75 bits per heavy atom. The third kappa shape index (κ3) is 0.958. The topological polar surface area (TPSA) is 62.8 Å². The van der Waals surface area contributed by atoms with Gasteiger partial charge in [-0.3, -0.25) is 0 Å². The van der Waals surface area contributed by atoms with Crippen molar-refractivity contribution in [1.29, 1.82) is 0 Å². The normalized spacial score (nSPS) is 9.00. The molecule has 0 radical (unpaired) electrons. The second-order valence-corrected chi connectivity index (χ2v) is 2.93. The summed E-state index contributed by atoms with van der Waals surface area (Å²) in [5.74, 6) is 0. The molecule has 0 atom stereocenters. The van der Waals surface area contributed by atoms with Crippen molar-refractivity contribution in [2.75, 3.05) is 0 Å². The average Bonchev–Trinajstić information content (AvgIpc) is 2.12. The Bertz CT molecular complexity index is 293. The molecule has 0 aliphatic rings. The van der Waals surface area contributed by atoms with Gasteiger partial charge < -0.3 is 4.98 Å². The molecule has 1 rings (SSSR count). The molecule has 4 nitrogen and oxygen atoms in total. The highest BCUT2D eigenvalue weighted by molar-refractivity contribution is 7.65. The minimum Gasteiger partial charge on any atom is -0.323 e. The molecule has 0 bridgehead atoms. The number of H-pyrrole nitrogens is 1. The van der Waals surface area contributed by atoms with Gasteiger partial charge in [-0.05, 0) is 0 Å². The van der Waals surface area contributed by atoms with E-state index in [2.05, 4.69) is 9.36 Å². The second kappa shape index (κ2) is 2.10. The van der Waals surface area contributed by atoms with Crippen LogP contribution in [0.5, 0.6) is 0 Å². The van der Waals surface area contributed by atoms with E-state index >= 15 is 0 Å². The van der Waals surface area contributed by atoms with E-state index in [0.717, 1.165) is 11.5 Å². The molecule has 1 aromatic heterocycles. The maximum Gasteiger partial charge on any atom is 0.250 e. The van der Waals surface area contributed by atoms with E-state index < -0.39 is 10.3 Å². The molecule has 6 heteroatoms. The summed E-state index contributed by atoms with van der Waals surface area (Å²) in [6, 6.07) is 0. The van der Waals surface area contributed by atoms with E-state index in [1.54, 1.807) is 0 Å². The van der Waals surface area contributed by atoms with Crippen LogP contribution in [0.4, 0.5) is 0 Å². The molecular weight excluding hydrogens is 148 g/mol. The minimum absolute atomic E-state index is 0.157. The number of rotatable bonds is 0. The number of aromatic amines is 1. The van der Waals surface area contributed by atoms with Gasteiger partial charge in [-0.2, -0.15) is 12.8 Å². The Hall–Kier alpha value is -0.620. The van der Waals surface area contributed by atoms with Crippen LogP contribution in [-0.4, -0.2) is 17.8 Å². The van der Waals surface area contributed by atoms with Crippen molar-refractivity contribution >= 4 is 21.8 Å². The van der Waals surface area contributed by atoms with Crippen molar-refractivity contribution in [2.24, 2.45) is 0 Å². The van der Waals surface area contributed by atoms with Crippen molar-refractivity contribution in [3.8, 4) is 0 Å². The van der Waals surface area contributed by atoms with Crippen LogP contribution in [0, 0.1) is 3.95 Å². The van der Waals surface area contributed by atoms with Crippen LogP contribution >= 0.6 is 11.5 Å². The Labute approximate surface area is 50.5 Å². The fourth-order valence-electron chi connectivity index (χ4n) is 0.258. The van der Waals surface area contributed by atoms with Crippen LogP contribution in [0.3, 0.4) is 0 Å². The van der Waals surface area contributed by atoms with Gasteiger partial charge in [0.2, 0.25) is 14.2 Å². The van der Waals surface area contributed by atoms with E-state index in [9.17, 15) is 8.42 Å². The van der Waals surface area contributed by atoms with Gasteiger partial charge in [0.25, 0.3) is 0 Å². The van der Waals surface area contributed by atoms with Crippen LogP contribution in [0.1, 0.15) is 0 Å². The summed E-state index contributed by atoms with van der Waals surface area (Å²) in [6.45, 7) is 0. The maximum atomic E-state index is 10.0. The van der Waals surface area contributed by atoms with Gasteiger partial charge >= 0.3 is 0 Å². The Morgan fingerprint density at radius 1 is 1.75 bits per heavy atom. The van der Waals surface area contributed by atoms with Crippen LogP contribution in [0.2, 0.25) is 0 Å². The van der Waals surface area contributed by atoms with Gasteiger partial charge in [-0.25, -0.2) is 0 Å². The molecule has 8 heavy (non-hydrogen) atoms. The summed E-state index contributed by atoms with van der Waals surface area (Å²) in [6.07, 6.45) is 1.33. The third-order valence-electron chi connectivity index (χ3n) is 0.522. The zero-order chi connectivity index (χ0) is 5.98. The number of hydrogen-bond acceptors (Lipinski definition) is 4. The average molecular weight is 150 g/mol. The van der Waals surface area contributed by atoms with Crippen LogP contribution < -0.4 is 0 Å². The summed E-state index contributed by atoms with van der Waals surface area (Å²) in [4.78, 5) is 2.43. The lowest BCUT2D eigenvalue weighted by Gasteiger charge is -1.53. The van der Waals surface area contributed by atoms with E-state index in [0.29, 0.717) is 0 Å². The highest BCUT2D eigenvalue weighted by Gasteiger charge is 1.78. The standard InChI is InChI=1S/C2H2N2O2S2/c5-8(6)2-3-1-4-7-2/h1H,(H,3,4). The molecule has 0 amide bonds. The molecule has 0 aliphatic carbocycles. The fourth-order valence-corrected chi connectivity index (χ4v) is 1.09. The first kappa shape index (κ1) is 5.52. The summed E-state index contributed by atoms with van der Waals surface area (Å²) >= 11 is 0.913. The van der Waals surface area contributed by atoms with E-state index in [-0.39, 0.29) is 3.95 Å². The molecule has 1 heterocycles. The highest BCUT2D eigenvalue weighted by Crippen LogP contribution is 1.84. The number of nitrogens with one attached hydrogen (secondary N) is 1. The van der Waals surface area contributed by atoms with Gasteiger partial charge in [0.15, 0.2) is 0 Å². The maximum absolute atomic E-state index is 10.0. The third-order valence-corrected chi connectivity index (χ3v) is 2.07. The van der Waals surface area contributed by atoms with E-state index in [4.69, 9.17) is 0 Å². The highest BCUT2D eigenvalue weighted by atomic mass is 32.2. The summed E-state index contributed by atoms with van der Waals surface area (Å²) in [7, 11) is -2.15. The largest absolute Gasteiger partial charge is 0.323 e. The SMILES string of the molecule is O=S(=O)=c1[nH]cns1. The number of nitrogens with zero attached hydrogens (tertiary/aromatic N) is 1. The molecule has 0 saturated heterocycles. The zero-order valence-electron chi connectivity index (χ0n) is 3.66. The van der Waals surface area contributed by atoms with Crippen molar-refractivity contribution < 1.29 is 8.42 Å². The quantitative estimate of drug-likeness (QED) is 0.524. The number of hydrogen-bond donors (Lipinski definition) is 1. The van der Waals surface area contributed by atoms with Crippen LogP contribution in [-0.2, 0) is 10.3 Å². The molecule has 0 unspecified atom stereocenters. The molecule has 0 fully saturated rings. The number of aromatic nitrogens is 2. The Balaban J connectivity index is 3.78. The minimum atomic E-state index is -2.15. The van der Waals surface area contributed by atoms with E-state index in [1.165, 1.54) is 6.33 Å².